The summed E-state index contributed by atoms with van der Waals surface area (Å²) in [4.78, 5) is 4.33. The molecule has 3 rings (SSSR count). The maximum atomic E-state index is 14.8. The molecule has 0 bridgehead atoms. The van der Waals surface area contributed by atoms with E-state index in [0.717, 1.165) is 19.3 Å². The topological polar surface area (TPSA) is 69.4 Å². The molecule has 1 aliphatic rings. The maximum Gasteiger partial charge on any atom is 0.217 e. The van der Waals surface area contributed by atoms with Crippen molar-refractivity contribution in [3.8, 4) is 0 Å². The Kier molecular flexibility index (Phi) is 7.92. The standard InChI is InChI=1S/C22H32BrF2N3O3Si/c1-22(2,3)32(4,5)31-17(19-14(24)9-8-10-15(19)25)13-16(29)20-26-21(23)27-28(20)18-11-6-7-12-30-18/h8-10,16-18,29H,6-7,11-13H2,1-5H3. The van der Waals surface area contributed by atoms with E-state index in [0.29, 0.717) is 11.3 Å². The lowest BCUT2D eigenvalue weighted by Gasteiger charge is -2.40. The average Bonchev–Trinajstić information content (AvgIpc) is 3.09. The Morgan fingerprint density at radius 1 is 1.28 bits per heavy atom. The molecule has 3 unspecified atom stereocenters. The molecule has 1 aromatic carbocycles. The van der Waals surface area contributed by atoms with E-state index in [1.54, 1.807) is 4.68 Å². The molecular weight excluding hydrogens is 500 g/mol. The summed E-state index contributed by atoms with van der Waals surface area (Å²) in [5.74, 6) is -1.11. The van der Waals surface area contributed by atoms with Crippen molar-refractivity contribution in [3.63, 3.8) is 0 Å². The molecule has 0 saturated carbocycles. The maximum absolute atomic E-state index is 14.8. The number of ether oxygens (including phenoxy) is 1. The highest BCUT2D eigenvalue weighted by molar-refractivity contribution is 9.10. The summed E-state index contributed by atoms with van der Waals surface area (Å²) in [5, 5.41) is 15.3. The van der Waals surface area contributed by atoms with Gasteiger partial charge < -0.3 is 14.3 Å². The van der Waals surface area contributed by atoms with E-state index in [2.05, 4.69) is 46.8 Å². The Balaban J connectivity index is 1.95. The summed E-state index contributed by atoms with van der Waals surface area (Å²) in [6.07, 6.45) is 0.159. The number of hydrogen-bond donors (Lipinski definition) is 1. The SMILES string of the molecule is CC(C)(C)[Si](C)(C)OC(CC(O)c1nc(Br)nn1C1CCCCO1)c1c(F)cccc1F. The monoisotopic (exact) mass is 531 g/mol. The molecule has 0 aliphatic carbocycles. The highest BCUT2D eigenvalue weighted by Gasteiger charge is 2.41. The molecule has 0 amide bonds. The quantitative estimate of drug-likeness (QED) is 0.430. The van der Waals surface area contributed by atoms with E-state index in [9.17, 15) is 13.9 Å². The molecule has 2 heterocycles. The van der Waals surface area contributed by atoms with Gasteiger partial charge in [-0.05, 0) is 65.5 Å². The van der Waals surface area contributed by atoms with Crippen molar-refractivity contribution in [2.45, 2.75) is 83.0 Å². The van der Waals surface area contributed by atoms with Gasteiger partial charge in [-0.25, -0.2) is 18.4 Å². The molecule has 6 nitrogen and oxygen atoms in total. The van der Waals surface area contributed by atoms with Gasteiger partial charge in [-0.15, -0.1) is 5.10 Å². The van der Waals surface area contributed by atoms with Crippen LogP contribution in [0.1, 0.15) is 76.3 Å². The van der Waals surface area contributed by atoms with Gasteiger partial charge in [-0.3, -0.25) is 0 Å². The minimum absolute atomic E-state index is 0.0672. The normalized spacial score (nSPS) is 19.7. The Labute approximate surface area is 197 Å². The summed E-state index contributed by atoms with van der Waals surface area (Å²) in [6, 6.07) is 3.74. The molecule has 3 atom stereocenters. The smallest absolute Gasteiger partial charge is 0.217 e. The third-order valence-electron chi connectivity index (χ3n) is 6.36. The number of aliphatic hydroxyl groups is 1. The number of nitrogens with zero attached hydrogens (tertiary/aromatic N) is 3. The Morgan fingerprint density at radius 2 is 1.94 bits per heavy atom. The van der Waals surface area contributed by atoms with Crippen LogP contribution in [0.25, 0.3) is 0 Å². The lowest BCUT2D eigenvalue weighted by atomic mass is 10.0. The molecule has 1 N–H and O–H groups in total. The molecule has 1 aliphatic heterocycles. The summed E-state index contributed by atoms with van der Waals surface area (Å²) in [7, 11) is -2.43. The van der Waals surface area contributed by atoms with Crippen LogP contribution in [0.5, 0.6) is 0 Å². The molecule has 178 valence electrons. The van der Waals surface area contributed by atoms with Crippen LogP contribution < -0.4 is 0 Å². The fourth-order valence-electron chi connectivity index (χ4n) is 3.55. The average molecular weight is 533 g/mol. The summed E-state index contributed by atoms with van der Waals surface area (Å²) in [5.41, 5.74) is -0.171. The number of benzene rings is 1. The molecule has 1 saturated heterocycles. The Hall–Kier alpha value is -1.20. The number of aromatic nitrogens is 3. The first-order chi connectivity index (χ1) is 14.9. The van der Waals surface area contributed by atoms with Gasteiger partial charge in [0.25, 0.3) is 0 Å². The molecular formula is C22H32BrF2N3O3Si. The molecule has 0 radical (unpaired) electrons. The van der Waals surface area contributed by atoms with E-state index in [4.69, 9.17) is 9.16 Å². The Morgan fingerprint density at radius 3 is 2.50 bits per heavy atom. The zero-order valence-corrected chi connectivity index (χ0v) is 21.8. The summed E-state index contributed by atoms with van der Waals surface area (Å²) >= 11 is 3.27. The van der Waals surface area contributed by atoms with Crippen LogP contribution in [-0.4, -0.2) is 34.8 Å². The van der Waals surface area contributed by atoms with Gasteiger partial charge in [0.15, 0.2) is 20.4 Å². The largest absolute Gasteiger partial charge is 0.410 e. The predicted molar refractivity (Wildman–Crippen MR) is 124 cm³/mol. The summed E-state index contributed by atoms with van der Waals surface area (Å²) in [6.45, 7) is 10.8. The van der Waals surface area contributed by atoms with Gasteiger partial charge >= 0.3 is 0 Å². The predicted octanol–water partition coefficient (Wildman–Crippen LogP) is 6.20. The summed E-state index contributed by atoms with van der Waals surface area (Å²) < 4.78 is 43.6. The van der Waals surface area contributed by atoms with E-state index in [1.165, 1.54) is 18.2 Å². The number of hydrogen-bond acceptors (Lipinski definition) is 5. The Bertz CT molecular complexity index is 909. The van der Waals surface area contributed by atoms with Crippen molar-refractivity contribution in [2.75, 3.05) is 6.61 Å². The van der Waals surface area contributed by atoms with Crippen LogP contribution in [0.15, 0.2) is 22.9 Å². The van der Waals surface area contributed by atoms with Crippen LogP contribution in [0.2, 0.25) is 18.1 Å². The number of aliphatic hydroxyl groups excluding tert-OH is 1. The minimum Gasteiger partial charge on any atom is -0.410 e. The molecule has 10 heteroatoms. The molecule has 2 aromatic rings. The van der Waals surface area contributed by atoms with Gasteiger partial charge in [-0.2, -0.15) is 0 Å². The third-order valence-corrected chi connectivity index (χ3v) is 11.2. The minimum atomic E-state index is -2.43. The van der Waals surface area contributed by atoms with Crippen LogP contribution in [0, 0.1) is 11.6 Å². The van der Waals surface area contributed by atoms with Gasteiger partial charge in [0.05, 0.1) is 11.7 Å². The van der Waals surface area contributed by atoms with Crippen molar-refractivity contribution in [2.24, 2.45) is 0 Å². The van der Waals surface area contributed by atoms with Crippen molar-refractivity contribution in [1.82, 2.24) is 14.8 Å². The van der Waals surface area contributed by atoms with E-state index in [-0.39, 0.29) is 29.1 Å². The highest BCUT2D eigenvalue weighted by Crippen LogP contribution is 2.43. The van der Waals surface area contributed by atoms with Gasteiger partial charge in [0, 0.05) is 13.0 Å². The fraction of sp³-hybridized carbons (Fsp3) is 0.636. The fourth-order valence-corrected chi connectivity index (χ4v) is 5.18. The molecule has 0 spiro atoms. The molecule has 1 aromatic heterocycles. The van der Waals surface area contributed by atoms with Crippen LogP contribution in [0.3, 0.4) is 0 Å². The number of halogens is 3. The zero-order chi connectivity index (χ0) is 23.7. The lowest BCUT2D eigenvalue weighted by molar-refractivity contribution is -0.0467. The third kappa shape index (κ3) is 5.64. The molecule has 32 heavy (non-hydrogen) atoms. The second-order valence-corrected chi connectivity index (χ2v) is 15.2. The van der Waals surface area contributed by atoms with Crippen molar-refractivity contribution in [3.05, 3.63) is 46.0 Å². The first-order valence-corrected chi connectivity index (χ1v) is 14.6. The zero-order valence-electron chi connectivity index (χ0n) is 19.2. The number of rotatable bonds is 7. The van der Waals surface area contributed by atoms with Crippen LogP contribution in [-0.2, 0) is 9.16 Å². The van der Waals surface area contributed by atoms with Crippen LogP contribution in [0.4, 0.5) is 8.78 Å². The lowest BCUT2D eigenvalue weighted by Crippen LogP contribution is -2.42. The first kappa shape index (κ1) is 25.4. The van der Waals surface area contributed by atoms with Gasteiger partial charge in [0.1, 0.15) is 17.7 Å². The van der Waals surface area contributed by atoms with Crippen molar-refractivity contribution in [1.29, 1.82) is 0 Å². The second kappa shape index (κ2) is 9.96. The van der Waals surface area contributed by atoms with Crippen molar-refractivity contribution >= 4 is 24.2 Å². The van der Waals surface area contributed by atoms with E-state index < -0.39 is 32.2 Å². The van der Waals surface area contributed by atoms with E-state index in [1.807, 2.05) is 13.1 Å². The first-order valence-electron chi connectivity index (χ1n) is 10.9. The van der Waals surface area contributed by atoms with Gasteiger partial charge in [-0.1, -0.05) is 26.8 Å². The van der Waals surface area contributed by atoms with Crippen molar-refractivity contribution < 1.29 is 23.1 Å². The van der Waals surface area contributed by atoms with Gasteiger partial charge in [0.2, 0.25) is 4.73 Å². The van der Waals surface area contributed by atoms with E-state index >= 15 is 0 Å². The van der Waals surface area contributed by atoms with Crippen LogP contribution >= 0.6 is 15.9 Å². The second-order valence-electron chi connectivity index (χ2n) is 9.76. The highest BCUT2D eigenvalue weighted by atomic mass is 79.9. The molecule has 1 fully saturated rings.